The Morgan fingerprint density at radius 2 is 1.53 bits per heavy atom. The summed E-state index contributed by atoms with van der Waals surface area (Å²) in [6.45, 7) is 2.26. The first kappa shape index (κ1) is 12.0. The van der Waals surface area contributed by atoms with E-state index in [1.807, 2.05) is 24.3 Å². The van der Waals surface area contributed by atoms with Crippen molar-refractivity contribution in [2.45, 2.75) is 19.3 Å². The molecule has 2 heterocycles. The first-order chi connectivity index (χ1) is 9.25. The molecular formula is C14H17N3O2. The molecule has 1 aromatic carbocycles. The average molecular weight is 259 g/mol. The molecule has 0 spiro atoms. The van der Waals surface area contributed by atoms with Gasteiger partial charge in [0.2, 0.25) is 0 Å². The second-order valence-electron chi connectivity index (χ2n) is 4.95. The zero-order valence-electron chi connectivity index (χ0n) is 10.8. The highest BCUT2D eigenvalue weighted by molar-refractivity contribution is 6.19. The van der Waals surface area contributed by atoms with Crippen LogP contribution >= 0.6 is 0 Å². The van der Waals surface area contributed by atoms with Crippen molar-refractivity contribution < 1.29 is 9.59 Å². The average Bonchev–Trinajstić information content (AvgIpc) is 2.79. The highest BCUT2D eigenvalue weighted by Crippen LogP contribution is 2.24. The van der Waals surface area contributed by atoms with Crippen LogP contribution in [0.5, 0.6) is 0 Å². The Bertz CT molecular complexity index is 476. The zero-order valence-corrected chi connectivity index (χ0v) is 10.8. The van der Waals surface area contributed by atoms with Crippen LogP contribution in [0.2, 0.25) is 0 Å². The third-order valence-electron chi connectivity index (χ3n) is 3.67. The topological polar surface area (TPSA) is 52.7 Å². The Morgan fingerprint density at radius 3 is 2.11 bits per heavy atom. The van der Waals surface area contributed by atoms with Gasteiger partial charge in [0.25, 0.3) is 5.91 Å². The third-order valence-corrected chi connectivity index (χ3v) is 3.67. The minimum atomic E-state index is -0.337. The Morgan fingerprint density at radius 1 is 0.895 bits per heavy atom. The van der Waals surface area contributed by atoms with Gasteiger partial charge in [0, 0.05) is 18.8 Å². The molecule has 2 aliphatic rings. The smallest absolute Gasteiger partial charge is 0.329 e. The highest BCUT2D eigenvalue weighted by atomic mass is 16.2. The van der Waals surface area contributed by atoms with E-state index in [-0.39, 0.29) is 18.5 Å². The van der Waals surface area contributed by atoms with E-state index in [0.717, 1.165) is 18.8 Å². The van der Waals surface area contributed by atoms with Crippen LogP contribution in [0.3, 0.4) is 0 Å². The van der Waals surface area contributed by atoms with Crippen LogP contribution in [0.4, 0.5) is 16.2 Å². The maximum Gasteiger partial charge on any atom is 0.329 e. The lowest BCUT2D eigenvalue weighted by Gasteiger charge is -2.29. The lowest BCUT2D eigenvalue weighted by molar-refractivity contribution is -0.115. The zero-order chi connectivity index (χ0) is 13.2. The number of nitrogens with zero attached hydrogens (tertiary/aromatic N) is 2. The van der Waals surface area contributed by atoms with Crippen molar-refractivity contribution in [3.05, 3.63) is 24.3 Å². The molecule has 3 amide bonds. The lowest BCUT2D eigenvalue weighted by atomic mass is 10.1. The minimum absolute atomic E-state index is 0.0900. The Labute approximate surface area is 112 Å². The first-order valence-electron chi connectivity index (χ1n) is 6.71. The van der Waals surface area contributed by atoms with Gasteiger partial charge in [-0.1, -0.05) is 0 Å². The van der Waals surface area contributed by atoms with Gasteiger partial charge in [0.15, 0.2) is 0 Å². The molecule has 1 aromatic rings. The maximum atomic E-state index is 11.6. The van der Waals surface area contributed by atoms with Gasteiger partial charge in [0.1, 0.15) is 0 Å². The van der Waals surface area contributed by atoms with Crippen LogP contribution in [0.25, 0.3) is 0 Å². The fraction of sp³-hybridized carbons (Fsp3) is 0.429. The number of benzene rings is 1. The molecule has 0 saturated carbocycles. The van der Waals surface area contributed by atoms with E-state index in [0.29, 0.717) is 5.69 Å². The van der Waals surface area contributed by atoms with Crippen molar-refractivity contribution in [3.8, 4) is 0 Å². The van der Waals surface area contributed by atoms with E-state index in [2.05, 4.69) is 10.2 Å². The number of carbonyl (C=O) groups is 2. The van der Waals surface area contributed by atoms with Crippen molar-refractivity contribution in [1.82, 2.24) is 5.32 Å². The number of carbonyl (C=O) groups excluding carboxylic acids is 2. The van der Waals surface area contributed by atoms with Gasteiger partial charge in [-0.25, -0.2) is 9.69 Å². The molecule has 0 aromatic heterocycles. The first-order valence-corrected chi connectivity index (χ1v) is 6.71. The summed E-state index contributed by atoms with van der Waals surface area (Å²) in [7, 11) is 0. The number of hydrogen-bond acceptors (Lipinski definition) is 3. The van der Waals surface area contributed by atoms with Crippen LogP contribution in [-0.2, 0) is 4.79 Å². The van der Waals surface area contributed by atoms with Crippen LogP contribution in [0.1, 0.15) is 19.3 Å². The van der Waals surface area contributed by atoms with Crippen molar-refractivity contribution in [3.63, 3.8) is 0 Å². The van der Waals surface area contributed by atoms with E-state index in [9.17, 15) is 9.59 Å². The van der Waals surface area contributed by atoms with Crippen LogP contribution in [0.15, 0.2) is 24.3 Å². The molecule has 0 atom stereocenters. The fourth-order valence-electron chi connectivity index (χ4n) is 2.65. The Hall–Kier alpha value is -2.04. The van der Waals surface area contributed by atoms with Crippen molar-refractivity contribution in [2.75, 3.05) is 29.4 Å². The summed E-state index contributed by atoms with van der Waals surface area (Å²) in [6.07, 6.45) is 3.76. The van der Waals surface area contributed by atoms with E-state index in [1.54, 1.807) is 0 Å². The second-order valence-corrected chi connectivity index (χ2v) is 4.95. The molecule has 5 nitrogen and oxygen atoms in total. The van der Waals surface area contributed by atoms with Gasteiger partial charge in [0.05, 0.1) is 12.2 Å². The number of amides is 3. The van der Waals surface area contributed by atoms with Gasteiger partial charge in [-0.3, -0.25) is 4.79 Å². The Kier molecular flexibility index (Phi) is 3.11. The van der Waals surface area contributed by atoms with Crippen LogP contribution < -0.4 is 15.1 Å². The van der Waals surface area contributed by atoms with Gasteiger partial charge >= 0.3 is 6.03 Å². The summed E-state index contributed by atoms with van der Waals surface area (Å²) < 4.78 is 0. The van der Waals surface area contributed by atoms with E-state index in [4.69, 9.17) is 0 Å². The molecule has 2 saturated heterocycles. The molecule has 100 valence electrons. The van der Waals surface area contributed by atoms with Crippen molar-refractivity contribution in [1.29, 1.82) is 0 Å². The van der Waals surface area contributed by atoms with Crippen molar-refractivity contribution in [2.24, 2.45) is 0 Å². The molecule has 19 heavy (non-hydrogen) atoms. The summed E-state index contributed by atoms with van der Waals surface area (Å²) in [5.74, 6) is -0.198. The summed E-state index contributed by atoms with van der Waals surface area (Å²) >= 11 is 0. The number of imide groups is 1. The normalized spacial score (nSPS) is 19.8. The molecule has 3 rings (SSSR count). The number of rotatable bonds is 2. The number of anilines is 2. The van der Waals surface area contributed by atoms with Gasteiger partial charge in [-0.15, -0.1) is 0 Å². The van der Waals surface area contributed by atoms with Gasteiger partial charge < -0.3 is 10.2 Å². The third kappa shape index (κ3) is 2.28. The standard InChI is InChI=1S/C14H17N3O2/c18-13-10-15-14(19)17(13)12-6-4-11(5-7-12)16-8-2-1-3-9-16/h4-7H,1-3,8-10H2,(H,15,19). The highest BCUT2D eigenvalue weighted by Gasteiger charge is 2.29. The summed E-state index contributed by atoms with van der Waals surface area (Å²) in [5.41, 5.74) is 1.80. The lowest BCUT2D eigenvalue weighted by Crippen LogP contribution is -2.31. The molecule has 2 fully saturated rings. The van der Waals surface area contributed by atoms with Crippen molar-refractivity contribution >= 4 is 23.3 Å². The number of nitrogens with one attached hydrogen (secondary N) is 1. The fourth-order valence-corrected chi connectivity index (χ4v) is 2.65. The minimum Gasteiger partial charge on any atom is -0.372 e. The number of hydrogen-bond donors (Lipinski definition) is 1. The van der Waals surface area contributed by atoms with Gasteiger partial charge in [-0.05, 0) is 43.5 Å². The van der Waals surface area contributed by atoms with Crippen LogP contribution in [0, 0.1) is 0 Å². The maximum absolute atomic E-state index is 11.6. The molecule has 0 radical (unpaired) electrons. The molecule has 2 aliphatic heterocycles. The molecule has 0 aliphatic carbocycles. The second kappa shape index (κ2) is 4.91. The van der Waals surface area contributed by atoms with Crippen LogP contribution in [-0.4, -0.2) is 31.6 Å². The number of urea groups is 1. The monoisotopic (exact) mass is 259 g/mol. The largest absolute Gasteiger partial charge is 0.372 e. The van der Waals surface area contributed by atoms with E-state index >= 15 is 0 Å². The predicted octanol–water partition coefficient (Wildman–Crippen LogP) is 1.73. The Balaban J connectivity index is 1.78. The molecule has 0 unspecified atom stereocenters. The molecule has 5 heteroatoms. The summed E-state index contributed by atoms with van der Waals surface area (Å²) in [5, 5.41) is 2.52. The number of piperidine rings is 1. The van der Waals surface area contributed by atoms with Gasteiger partial charge in [-0.2, -0.15) is 0 Å². The molecule has 0 bridgehead atoms. The van der Waals surface area contributed by atoms with E-state index < -0.39 is 0 Å². The van der Waals surface area contributed by atoms with E-state index in [1.165, 1.54) is 24.2 Å². The molecule has 1 N–H and O–H groups in total. The summed E-state index contributed by atoms with van der Waals surface area (Å²) in [4.78, 5) is 26.7. The summed E-state index contributed by atoms with van der Waals surface area (Å²) in [6, 6.07) is 7.31. The quantitative estimate of drug-likeness (QED) is 0.823. The predicted molar refractivity (Wildman–Crippen MR) is 73.4 cm³/mol. The SMILES string of the molecule is O=C1CNC(=O)N1c1ccc(N2CCCCC2)cc1. The molecular weight excluding hydrogens is 242 g/mol.